The molecule has 0 aliphatic rings. The predicted octanol–water partition coefficient (Wildman–Crippen LogP) is 3.51. The van der Waals surface area contributed by atoms with E-state index in [9.17, 15) is 0 Å². The Labute approximate surface area is 70.6 Å². The second-order valence-corrected chi connectivity index (χ2v) is 3.11. The van der Waals surface area contributed by atoms with Crippen molar-refractivity contribution < 1.29 is 0 Å². The molecule has 64 valence electrons. The first-order chi connectivity index (χ1) is 5.35. The first-order valence-electron chi connectivity index (χ1n) is 4.68. The fourth-order valence-electron chi connectivity index (χ4n) is 1.50. The van der Waals surface area contributed by atoms with Gasteiger partial charge in [0.1, 0.15) is 0 Å². The lowest BCUT2D eigenvalue weighted by Gasteiger charge is -2.10. The van der Waals surface area contributed by atoms with Crippen LogP contribution in [-0.2, 0) is 0 Å². The van der Waals surface area contributed by atoms with Crippen molar-refractivity contribution in [3.05, 3.63) is 11.4 Å². The van der Waals surface area contributed by atoms with Crippen molar-refractivity contribution in [3.8, 4) is 0 Å². The van der Waals surface area contributed by atoms with Gasteiger partial charge >= 0.3 is 0 Å². The lowest BCUT2D eigenvalue weighted by molar-refractivity contribution is 0.424. The Hall–Kier alpha value is -0.510. The molecule has 0 heterocycles. The van der Waals surface area contributed by atoms with Gasteiger partial charge in [0.15, 0.2) is 0 Å². The lowest BCUT2D eigenvalue weighted by Crippen LogP contribution is -2.00. The topological polar surface area (TPSA) is 4.36 Å². The van der Waals surface area contributed by atoms with Gasteiger partial charge in [-0.25, -0.2) is 6.57 Å². The Kier molecular flexibility index (Phi) is 7.24. The zero-order chi connectivity index (χ0) is 8.53. The van der Waals surface area contributed by atoms with E-state index >= 15 is 0 Å². The van der Waals surface area contributed by atoms with Crippen LogP contribution >= 0.6 is 0 Å². The Morgan fingerprint density at radius 2 is 1.64 bits per heavy atom. The van der Waals surface area contributed by atoms with Gasteiger partial charge < -0.3 is 4.85 Å². The zero-order valence-electron chi connectivity index (χ0n) is 7.77. The number of rotatable bonds is 6. The molecule has 0 saturated carbocycles. The summed E-state index contributed by atoms with van der Waals surface area (Å²) in [5.74, 6) is 0.819. The fraction of sp³-hybridized carbons (Fsp3) is 0.900. The van der Waals surface area contributed by atoms with Crippen LogP contribution in [0.3, 0.4) is 0 Å². The van der Waals surface area contributed by atoms with Crippen molar-refractivity contribution in [1.29, 1.82) is 0 Å². The Morgan fingerprint density at radius 3 is 2.00 bits per heavy atom. The van der Waals surface area contributed by atoms with Crippen LogP contribution in [0.5, 0.6) is 0 Å². The summed E-state index contributed by atoms with van der Waals surface area (Å²) < 4.78 is 0. The van der Waals surface area contributed by atoms with E-state index in [2.05, 4.69) is 18.7 Å². The number of nitrogens with zero attached hydrogens (tertiary/aromatic N) is 1. The van der Waals surface area contributed by atoms with Crippen molar-refractivity contribution in [3.63, 3.8) is 0 Å². The van der Waals surface area contributed by atoms with Gasteiger partial charge in [0.05, 0.1) is 0 Å². The first-order valence-corrected chi connectivity index (χ1v) is 4.68. The molecular formula is C10H19N. The van der Waals surface area contributed by atoms with Gasteiger partial charge in [-0.15, -0.1) is 0 Å². The molecule has 0 spiro atoms. The molecule has 0 amide bonds. The smallest absolute Gasteiger partial charge is 0.214 e. The van der Waals surface area contributed by atoms with E-state index < -0.39 is 0 Å². The molecule has 0 aromatic carbocycles. The molecule has 0 fully saturated rings. The number of hydrogen-bond donors (Lipinski definition) is 0. The highest BCUT2D eigenvalue weighted by Crippen LogP contribution is 2.17. The van der Waals surface area contributed by atoms with Crippen LogP contribution < -0.4 is 0 Å². The van der Waals surface area contributed by atoms with Gasteiger partial charge in [-0.1, -0.05) is 39.5 Å². The molecular weight excluding hydrogens is 134 g/mol. The average Bonchev–Trinajstić information content (AvgIpc) is 2.01. The molecule has 0 aromatic heterocycles. The summed E-state index contributed by atoms with van der Waals surface area (Å²) >= 11 is 0. The summed E-state index contributed by atoms with van der Waals surface area (Å²) in [6.07, 6.45) is 6.27. The summed E-state index contributed by atoms with van der Waals surface area (Å²) in [5, 5.41) is 0. The zero-order valence-corrected chi connectivity index (χ0v) is 7.77. The third-order valence-corrected chi connectivity index (χ3v) is 2.04. The van der Waals surface area contributed by atoms with Crippen LogP contribution in [0.15, 0.2) is 0 Å². The van der Waals surface area contributed by atoms with E-state index in [4.69, 9.17) is 6.57 Å². The molecule has 0 unspecified atom stereocenters. The maximum absolute atomic E-state index is 6.69. The van der Waals surface area contributed by atoms with Crippen molar-refractivity contribution in [2.75, 3.05) is 6.54 Å². The molecule has 1 heteroatoms. The maximum Gasteiger partial charge on any atom is 0.214 e. The SMILES string of the molecule is [C-]#[N+]CCC(CCC)CCC. The summed E-state index contributed by atoms with van der Waals surface area (Å²) in [5.41, 5.74) is 0. The molecule has 1 nitrogen and oxygen atoms in total. The van der Waals surface area contributed by atoms with Crippen LogP contribution in [0.4, 0.5) is 0 Å². The quantitative estimate of drug-likeness (QED) is 0.514. The van der Waals surface area contributed by atoms with Gasteiger partial charge in [0.2, 0.25) is 6.54 Å². The van der Waals surface area contributed by atoms with Gasteiger partial charge in [0, 0.05) is 6.42 Å². The van der Waals surface area contributed by atoms with Gasteiger partial charge in [-0.05, 0) is 5.92 Å². The van der Waals surface area contributed by atoms with Crippen LogP contribution in [0.1, 0.15) is 46.0 Å². The second-order valence-electron chi connectivity index (χ2n) is 3.11. The van der Waals surface area contributed by atoms with Gasteiger partial charge in [-0.2, -0.15) is 0 Å². The van der Waals surface area contributed by atoms with Crippen LogP contribution in [0, 0.1) is 12.5 Å². The van der Waals surface area contributed by atoms with E-state index in [1.807, 2.05) is 0 Å². The highest BCUT2D eigenvalue weighted by atomic mass is 14.6. The predicted molar refractivity (Wildman–Crippen MR) is 49.4 cm³/mol. The van der Waals surface area contributed by atoms with Crippen molar-refractivity contribution >= 4 is 0 Å². The minimum absolute atomic E-state index is 0.727. The van der Waals surface area contributed by atoms with Gasteiger partial charge in [0.25, 0.3) is 0 Å². The Morgan fingerprint density at radius 1 is 1.09 bits per heavy atom. The fourth-order valence-corrected chi connectivity index (χ4v) is 1.50. The Balaban J connectivity index is 3.44. The third kappa shape index (κ3) is 5.91. The highest BCUT2D eigenvalue weighted by molar-refractivity contribution is 4.65. The van der Waals surface area contributed by atoms with E-state index in [0.717, 1.165) is 18.9 Å². The summed E-state index contributed by atoms with van der Waals surface area (Å²) in [6, 6.07) is 0. The summed E-state index contributed by atoms with van der Waals surface area (Å²) in [7, 11) is 0. The second kappa shape index (κ2) is 7.60. The van der Waals surface area contributed by atoms with Crippen LogP contribution in [0.25, 0.3) is 4.85 Å². The molecule has 0 aliphatic heterocycles. The van der Waals surface area contributed by atoms with Crippen molar-refractivity contribution in [1.82, 2.24) is 0 Å². The molecule has 0 saturated heterocycles. The molecule has 0 N–H and O–H groups in total. The van der Waals surface area contributed by atoms with E-state index in [1.165, 1.54) is 25.7 Å². The molecule has 0 radical (unpaired) electrons. The minimum atomic E-state index is 0.727. The Bertz CT molecular complexity index is 107. The van der Waals surface area contributed by atoms with E-state index in [-0.39, 0.29) is 0 Å². The molecule has 0 atom stereocenters. The lowest BCUT2D eigenvalue weighted by atomic mass is 9.95. The maximum atomic E-state index is 6.69. The van der Waals surface area contributed by atoms with E-state index in [0.29, 0.717) is 0 Å². The van der Waals surface area contributed by atoms with Crippen LogP contribution in [0.2, 0.25) is 0 Å². The van der Waals surface area contributed by atoms with Gasteiger partial charge in [-0.3, -0.25) is 0 Å². The van der Waals surface area contributed by atoms with E-state index in [1.54, 1.807) is 0 Å². The molecule has 0 rings (SSSR count). The molecule has 0 aromatic rings. The summed E-state index contributed by atoms with van der Waals surface area (Å²) in [6.45, 7) is 11.9. The average molecular weight is 153 g/mol. The van der Waals surface area contributed by atoms with Crippen molar-refractivity contribution in [2.45, 2.75) is 46.0 Å². The standard InChI is InChI=1S/C10H19N/c1-4-6-10(7-5-2)8-9-11-3/h10H,4-9H2,1-2H3. The highest BCUT2D eigenvalue weighted by Gasteiger charge is 2.06. The third-order valence-electron chi connectivity index (χ3n) is 2.04. The van der Waals surface area contributed by atoms with Crippen LogP contribution in [-0.4, -0.2) is 6.54 Å². The summed E-state index contributed by atoms with van der Waals surface area (Å²) in [4.78, 5) is 3.39. The molecule has 11 heavy (non-hydrogen) atoms. The largest absolute Gasteiger partial charge is 0.317 e. The minimum Gasteiger partial charge on any atom is -0.317 e. The molecule has 0 aliphatic carbocycles. The first kappa shape index (κ1) is 10.5. The molecule has 0 bridgehead atoms. The normalized spacial score (nSPS) is 10.0. The monoisotopic (exact) mass is 153 g/mol. The van der Waals surface area contributed by atoms with Crippen molar-refractivity contribution in [2.24, 2.45) is 5.92 Å². The number of hydrogen-bond acceptors (Lipinski definition) is 0.